The van der Waals surface area contributed by atoms with Gasteiger partial charge >= 0.3 is 0 Å². The van der Waals surface area contributed by atoms with Gasteiger partial charge in [-0.3, -0.25) is 4.99 Å². The van der Waals surface area contributed by atoms with Gasteiger partial charge in [0.05, 0.1) is 13.2 Å². The van der Waals surface area contributed by atoms with Crippen molar-refractivity contribution >= 4 is 29.9 Å². The molecule has 1 unspecified atom stereocenters. The van der Waals surface area contributed by atoms with Gasteiger partial charge in [-0.2, -0.15) is 4.98 Å². The van der Waals surface area contributed by atoms with Crippen LogP contribution in [0.4, 0.5) is 0 Å². The van der Waals surface area contributed by atoms with Crippen LogP contribution in [0.3, 0.4) is 0 Å². The predicted molar refractivity (Wildman–Crippen MR) is 125 cm³/mol. The summed E-state index contributed by atoms with van der Waals surface area (Å²) in [5.74, 6) is 2.67. The van der Waals surface area contributed by atoms with E-state index in [-0.39, 0.29) is 36.0 Å². The molecule has 160 valence electrons. The molecular formula is C21H32IN5O2. The van der Waals surface area contributed by atoms with E-state index in [4.69, 9.17) is 9.26 Å². The molecule has 1 aliphatic rings. The third-order valence-corrected chi connectivity index (χ3v) is 4.96. The number of nitrogens with zero attached hydrogens (tertiary/aromatic N) is 4. The van der Waals surface area contributed by atoms with Gasteiger partial charge in [-0.25, -0.2) is 0 Å². The molecule has 3 rings (SSSR count). The second-order valence-electron chi connectivity index (χ2n) is 7.44. The molecule has 1 fully saturated rings. The van der Waals surface area contributed by atoms with Crippen LogP contribution in [-0.4, -0.2) is 54.3 Å². The largest absolute Gasteiger partial charge is 0.370 e. The molecule has 7 nitrogen and oxygen atoms in total. The Morgan fingerprint density at radius 1 is 1.34 bits per heavy atom. The zero-order chi connectivity index (χ0) is 19.9. The highest BCUT2D eigenvalue weighted by molar-refractivity contribution is 14.0. The van der Waals surface area contributed by atoms with Crippen LogP contribution < -0.4 is 5.32 Å². The Hall–Kier alpha value is -1.68. The number of guanidine groups is 1. The summed E-state index contributed by atoms with van der Waals surface area (Å²) in [6.45, 7) is 9.39. The fourth-order valence-corrected chi connectivity index (χ4v) is 3.35. The van der Waals surface area contributed by atoms with Gasteiger partial charge in [0.15, 0.2) is 11.8 Å². The van der Waals surface area contributed by atoms with Gasteiger partial charge < -0.3 is 19.5 Å². The summed E-state index contributed by atoms with van der Waals surface area (Å²) in [5.41, 5.74) is 2.51. The van der Waals surface area contributed by atoms with E-state index in [0.29, 0.717) is 12.5 Å². The molecule has 1 aromatic carbocycles. The van der Waals surface area contributed by atoms with E-state index in [1.807, 2.05) is 7.05 Å². The van der Waals surface area contributed by atoms with Gasteiger partial charge in [0.2, 0.25) is 5.89 Å². The molecule has 0 saturated carbocycles. The van der Waals surface area contributed by atoms with Crippen molar-refractivity contribution in [3.63, 3.8) is 0 Å². The van der Waals surface area contributed by atoms with Crippen molar-refractivity contribution in [3.05, 3.63) is 47.1 Å². The van der Waals surface area contributed by atoms with Crippen LogP contribution in [0.2, 0.25) is 0 Å². The minimum absolute atomic E-state index is 0. The molecular weight excluding hydrogens is 481 g/mol. The van der Waals surface area contributed by atoms with Crippen molar-refractivity contribution in [2.75, 3.05) is 33.3 Å². The molecule has 0 aliphatic carbocycles. The number of benzene rings is 1. The van der Waals surface area contributed by atoms with E-state index >= 15 is 0 Å². The molecule has 2 heterocycles. The van der Waals surface area contributed by atoms with Gasteiger partial charge in [0.25, 0.3) is 0 Å². The molecule has 1 saturated heterocycles. The predicted octanol–water partition coefficient (Wildman–Crippen LogP) is 3.70. The van der Waals surface area contributed by atoms with Gasteiger partial charge in [-0.05, 0) is 24.5 Å². The normalized spacial score (nSPS) is 17.3. The van der Waals surface area contributed by atoms with Gasteiger partial charge in [0.1, 0.15) is 6.10 Å². The molecule has 0 amide bonds. The zero-order valence-corrected chi connectivity index (χ0v) is 20.1. The zero-order valence-electron chi connectivity index (χ0n) is 17.7. The summed E-state index contributed by atoms with van der Waals surface area (Å²) in [7, 11) is 1.83. The van der Waals surface area contributed by atoms with Gasteiger partial charge in [-0.1, -0.05) is 43.3 Å². The number of morpholine rings is 1. The maximum absolute atomic E-state index is 6.02. The first-order valence-electron chi connectivity index (χ1n) is 10.0. The van der Waals surface area contributed by atoms with Crippen LogP contribution in [-0.2, 0) is 11.2 Å². The molecule has 29 heavy (non-hydrogen) atoms. The Bertz CT molecular complexity index is 793. The second kappa shape index (κ2) is 11.5. The fraction of sp³-hybridized carbons (Fsp3) is 0.571. The summed E-state index contributed by atoms with van der Waals surface area (Å²) < 4.78 is 11.3. The third-order valence-electron chi connectivity index (χ3n) is 4.96. The molecule has 0 radical (unpaired) electrons. The van der Waals surface area contributed by atoms with Crippen molar-refractivity contribution in [1.82, 2.24) is 20.4 Å². The smallest absolute Gasteiger partial charge is 0.226 e. The molecule has 1 N–H and O–H groups in total. The molecule has 8 heteroatoms. The standard InChI is InChI=1S/C21H31N5O2.HI/c1-15(2)20-24-19(28-25-20)10-7-11-23-21(22-4)26-12-13-27-18(14-26)17-9-6-5-8-16(17)3;/h5-6,8-9,15,18H,7,10-14H2,1-4H3,(H,22,23);1H. The third kappa shape index (κ3) is 6.40. The van der Waals surface area contributed by atoms with E-state index in [2.05, 4.69) is 70.4 Å². The lowest BCUT2D eigenvalue weighted by atomic mass is 10.0. The van der Waals surface area contributed by atoms with Crippen molar-refractivity contribution in [2.45, 2.75) is 45.6 Å². The number of rotatable bonds is 6. The Labute approximate surface area is 190 Å². The SMILES string of the molecule is CN=C(NCCCc1nc(C(C)C)no1)N1CCOC(c2ccccc2C)C1.I. The minimum Gasteiger partial charge on any atom is -0.370 e. The molecule has 0 bridgehead atoms. The fourth-order valence-electron chi connectivity index (χ4n) is 3.35. The van der Waals surface area contributed by atoms with Gasteiger partial charge in [-0.15, -0.1) is 24.0 Å². The monoisotopic (exact) mass is 513 g/mol. The maximum atomic E-state index is 6.02. The Kier molecular flexibility index (Phi) is 9.35. The van der Waals surface area contributed by atoms with Crippen LogP contribution in [0.15, 0.2) is 33.8 Å². The number of aliphatic imine (C=N–C) groups is 1. The molecule has 1 aliphatic heterocycles. The van der Waals surface area contributed by atoms with E-state index < -0.39 is 0 Å². The van der Waals surface area contributed by atoms with Crippen molar-refractivity contribution in [1.29, 1.82) is 0 Å². The van der Waals surface area contributed by atoms with Gasteiger partial charge in [0, 0.05) is 32.5 Å². The van der Waals surface area contributed by atoms with E-state index in [1.54, 1.807) is 0 Å². The van der Waals surface area contributed by atoms with E-state index in [0.717, 1.165) is 44.3 Å². The second-order valence-corrected chi connectivity index (χ2v) is 7.44. The van der Waals surface area contributed by atoms with Crippen molar-refractivity contribution in [2.24, 2.45) is 4.99 Å². The van der Waals surface area contributed by atoms with E-state index in [1.165, 1.54) is 11.1 Å². The first kappa shape index (κ1) is 23.6. The number of aromatic nitrogens is 2. The highest BCUT2D eigenvalue weighted by Gasteiger charge is 2.25. The first-order valence-corrected chi connectivity index (χ1v) is 10.0. The Morgan fingerprint density at radius 3 is 2.83 bits per heavy atom. The van der Waals surface area contributed by atoms with Crippen molar-refractivity contribution < 1.29 is 9.26 Å². The number of halogens is 1. The van der Waals surface area contributed by atoms with Crippen LogP contribution in [0.5, 0.6) is 0 Å². The highest BCUT2D eigenvalue weighted by Crippen LogP contribution is 2.24. The lowest BCUT2D eigenvalue weighted by Gasteiger charge is -2.35. The molecule has 2 aromatic rings. The average Bonchev–Trinajstić information content (AvgIpc) is 3.18. The highest BCUT2D eigenvalue weighted by atomic mass is 127. The number of hydrogen-bond acceptors (Lipinski definition) is 5. The van der Waals surface area contributed by atoms with Crippen LogP contribution in [0, 0.1) is 6.92 Å². The number of aryl methyl sites for hydroxylation is 2. The Balaban J connectivity index is 0.00000300. The minimum atomic E-state index is 0. The summed E-state index contributed by atoms with van der Waals surface area (Å²) in [5, 5.41) is 7.47. The van der Waals surface area contributed by atoms with E-state index in [9.17, 15) is 0 Å². The maximum Gasteiger partial charge on any atom is 0.226 e. The van der Waals surface area contributed by atoms with Crippen molar-refractivity contribution in [3.8, 4) is 0 Å². The lowest BCUT2D eigenvalue weighted by Crippen LogP contribution is -2.48. The topological polar surface area (TPSA) is 75.8 Å². The Morgan fingerprint density at radius 2 is 2.14 bits per heavy atom. The lowest BCUT2D eigenvalue weighted by molar-refractivity contribution is -0.00830. The average molecular weight is 513 g/mol. The number of hydrogen-bond donors (Lipinski definition) is 1. The number of ether oxygens (including phenoxy) is 1. The molecule has 0 spiro atoms. The van der Waals surface area contributed by atoms with Crippen LogP contribution in [0.1, 0.15) is 55.1 Å². The summed E-state index contributed by atoms with van der Waals surface area (Å²) in [6, 6.07) is 8.41. The number of nitrogens with one attached hydrogen (secondary N) is 1. The van der Waals surface area contributed by atoms with Crippen LogP contribution in [0.25, 0.3) is 0 Å². The van der Waals surface area contributed by atoms with Crippen LogP contribution >= 0.6 is 24.0 Å². The summed E-state index contributed by atoms with van der Waals surface area (Å²) in [4.78, 5) is 11.2. The quantitative estimate of drug-likeness (QED) is 0.275. The summed E-state index contributed by atoms with van der Waals surface area (Å²) in [6.07, 6.45) is 1.74. The first-order chi connectivity index (χ1) is 13.6. The summed E-state index contributed by atoms with van der Waals surface area (Å²) >= 11 is 0. The molecule has 1 aromatic heterocycles. The molecule has 1 atom stereocenters.